The summed E-state index contributed by atoms with van der Waals surface area (Å²) >= 11 is 0. The van der Waals surface area contributed by atoms with Crippen molar-refractivity contribution in [2.75, 3.05) is 18.3 Å². The molecular formula is C30H41NO6. The van der Waals surface area contributed by atoms with E-state index >= 15 is 0 Å². The molecule has 1 atom stereocenters. The van der Waals surface area contributed by atoms with Crippen LogP contribution in [0.1, 0.15) is 64.5 Å². The molecule has 1 fully saturated rings. The maximum absolute atomic E-state index is 11.7. The first-order valence-electron chi connectivity index (χ1n) is 13.3. The van der Waals surface area contributed by atoms with Gasteiger partial charge >= 0.3 is 5.97 Å². The summed E-state index contributed by atoms with van der Waals surface area (Å²) in [7, 11) is 0. The zero-order chi connectivity index (χ0) is 26.8. The first kappa shape index (κ1) is 28.7. The molecule has 3 rings (SSSR count). The van der Waals surface area contributed by atoms with Crippen molar-refractivity contribution in [3.63, 3.8) is 0 Å². The van der Waals surface area contributed by atoms with Crippen LogP contribution in [0.3, 0.4) is 0 Å². The van der Waals surface area contributed by atoms with E-state index < -0.39 is 12.1 Å². The molecule has 202 valence electrons. The highest BCUT2D eigenvalue weighted by Gasteiger charge is 2.31. The molecule has 2 aromatic rings. The van der Waals surface area contributed by atoms with Gasteiger partial charge in [0.05, 0.1) is 18.4 Å². The van der Waals surface area contributed by atoms with Crippen molar-refractivity contribution in [3.05, 3.63) is 59.7 Å². The number of benzene rings is 2. The lowest BCUT2D eigenvalue weighted by atomic mass is 9.72. The summed E-state index contributed by atoms with van der Waals surface area (Å²) in [5.74, 6) is 0.464. The second kappa shape index (κ2) is 13.6. The number of hydroxylamine groups is 1. The zero-order valence-corrected chi connectivity index (χ0v) is 22.5. The Hall–Kier alpha value is -2.90. The minimum atomic E-state index is -0.959. The Morgan fingerprint density at radius 2 is 1.65 bits per heavy atom. The number of nitrogens with zero attached hydrogens (tertiary/aromatic N) is 1. The molecule has 0 spiro atoms. The monoisotopic (exact) mass is 511 g/mol. The Morgan fingerprint density at radius 3 is 2.19 bits per heavy atom. The van der Waals surface area contributed by atoms with Crippen molar-refractivity contribution in [1.29, 1.82) is 0 Å². The minimum Gasteiger partial charge on any atom is -0.493 e. The topological polar surface area (TPSA) is 85.3 Å². The van der Waals surface area contributed by atoms with Gasteiger partial charge in [0.2, 0.25) is 6.41 Å². The Morgan fingerprint density at radius 1 is 1.03 bits per heavy atom. The van der Waals surface area contributed by atoms with Gasteiger partial charge in [0.15, 0.2) is 6.10 Å². The van der Waals surface area contributed by atoms with Gasteiger partial charge in [0.25, 0.3) is 0 Å². The van der Waals surface area contributed by atoms with Crippen molar-refractivity contribution in [2.45, 2.75) is 78.4 Å². The van der Waals surface area contributed by atoms with Crippen LogP contribution in [0.4, 0.5) is 5.69 Å². The van der Waals surface area contributed by atoms with Crippen LogP contribution >= 0.6 is 0 Å². The molecule has 0 aromatic heterocycles. The van der Waals surface area contributed by atoms with Crippen LogP contribution in [0.5, 0.6) is 5.75 Å². The third-order valence-corrected chi connectivity index (χ3v) is 7.10. The fraction of sp³-hybridized carbons (Fsp3) is 0.533. The van der Waals surface area contributed by atoms with E-state index in [2.05, 4.69) is 20.8 Å². The largest absolute Gasteiger partial charge is 0.493 e. The lowest BCUT2D eigenvalue weighted by Gasteiger charge is -2.37. The number of amides is 1. The predicted octanol–water partition coefficient (Wildman–Crippen LogP) is 5.84. The van der Waals surface area contributed by atoms with E-state index in [1.54, 1.807) is 6.92 Å². The maximum atomic E-state index is 11.7. The summed E-state index contributed by atoms with van der Waals surface area (Å²) in [4.78, 5) is 29.0. The van der Waals surface area contributed by atoms with Crippen LogP contribution < -0.4 is 9.80 Å². The summed E-state index contributed by atoms with van der Waals surface area (Å²) < 4.78 is 11.1. The molecule has 0 saturated heterocycles. The zero-order valence-electron chi connectivity index (χ0n) is 22.5. The van der Waals surface area contributed by atoms with Crippen molar-refractivity contribution in [3.8, 4) is 5.75 Å². The molecule has 1 saturated carbocycles. The normalized spacial score (nSPS) is 18.7. The number of anilines is 1. The highest BCUT2D eigenvalue weighted by Crippen LogP contribution is 2.38. The van der Waals surface area contributed by atoms with E-state index in [1.165, 1.54) is 5.06 Å². The fourth-order valence-corrected chi connectivity index (χ4v) is 4.79. The van der Waals surface area contributed by atoms with Gasteiger partial charge in [0.1, 0.15) is 5.75 Å². The number of hydrogen-bond acceptors (Lipinski definition) is 5. The number of carboxylic acid groups (broad SMARTS) is 1. The standard InChI is InChI=1S/C30H41NO6/c1-5-35-28(29(33)34)20-23-8-14-26(15-9-23)36-19-18-22-6-12-25(13-7-22)31(21-32)37-27-16-10-24(11-17-27)30(2,3)4/h6-9,12-15,21,24,27-28H,5,10-11,16-20H2,1-4H3,(H,33,34)/t24?,27?,28-/m0/s1. The molecule has 1 aliphatic rings. The van der Waals surface area contributed by atoms with E-state index in [-0.39, 0.29) is 6.10 Å². The van der Waals surface area contributed by atoms with Crippen molar-refractivity contribution >= 4 is 18.1 Å². The fourth-order valence-electron chi connectivity index (χ4n) is 4.79. The van der Waals surface area contributed by atoms with Gasteiger partial charge in [0, 0.05) is 19.4 Å². The quantitative estimate of drug-likeness (QED) is 0.269. The van der Waals surface area contributed by atoms with Crippen molar-refractivity contribution < 1.29 is 29.0 Å². The second-order valence-electron chi connectivity index (χ2n) is 10.8. The van der Waals surface area contributed by atoms with Gasteiger partial charge in [-0.25, -0.2) is 4.79 Å². The molecule has 7 heteroatoms. The predicted molar refractivity (Wildman–Crippen MR) is 144 cm³/mol. The molecule has 0 radical (unpaired) electrons. The van der Waals surface area contributed by atoms with Gasteiger partial charge in [-0.3, -0.25) is 9.63 Å². The Balaban J connectivity index is 1.44. The summed E-state index contributed by atoms with van der Waals surface area (Å²) in [6, 6.07) is 15.2. The minimum absolute atomic E-state index is 0.0671. The maximum Gasteiger partial charge on any atom is 0.333 e. The lowest BCUT2D eigenvalue weighted by molar-refractivity contribution is -0.149. The highest BCUT2D eigenvalue weighted by molar-refractivity contribution is 5.73. The highest BCUT2D eigenvalue weighted by atomic mass is 16.7. The molecule has 0 unspecified atom stereocenters. The average molecular weight is 512 g/mol. The van der Waals surface area contributed by atoms with Crippen LogP contribution in [0, 0.1) is 11.3 Å². The van der Waals surface area contributed by atoms with Gasteiger partial charge in [-0.1, -0.05) is 45.0 Å². The molecule has 2 aromatic carbocycles. The van der Waals surface area contributed by atoms with E-state index in [1.807, 2.05) is 48.5 Å². The Bertz CT molecular complexity index is 975. The van der Waals surface area contributed by atoms with Crippen LogP contribution in [-0.2, 0) is 32.0 Å². The number of rotatable bonds is 13. The van der Waals surface area contributed by atoms with Gasteiger partial charge < -0.3 is 14.6 Å². The SMILES string of the molecule is CCO[C@@H](Cc1ccc(OCCc2ccc(N(C=O)OC3CCC(C(C)(C)C)CC3)cc2)cc1)C(=O)O. The summed E-state index contributed by atoms with van der Waals surface area (Å²) in [6.45, 7) is 9.52. The second-order valence-corrected chi connectivity index (χ2v) is 10.8. The molecule has 0 aliphatic heterocycles. The Kier molecular flexibility index (Phi) is 10.5. The van der Waals surface area contributed by atoms with E-state index in [0.717, 1.165) is 54.7 Å². The van der Waals surface area contributed by atoms with E-state index in [9.17, 15) is 14.7 Å². The Labute approximate surface area is 220 Å². The van der Waals surface area contributed by atoms with Crippen molar-refractivity contribution in [1.82, 2.24) is 0 Å². The summed E-state index contributed by atoms with van der Waals surface area (Å²) in [6.07, 6.45) is 5.18. The van der Waals surface area contributed by atoms with E-state index in [4.69, 9.17) is 14.3 Å². The van der Waals surface area contributed by atoms with Crippen LogP contribution in [0.25, 0.3) is 0 Å². The first-order chi connectivity index (χ1) is 17.7. The van der Waals surface area contributed by atoms with E-state index in [0.29, 0.717) is 37.4 Å². The van der Waals surface area contributed by atoms with Crippen LogP contribution in [-0.4, -0.2) is 42.9 Å². The average Bonchev–Trinajstić information content (AvgIpc) is 2.88. The number of carboxylic acids is 1. The third kappa shape index (κ3) is 8.86. The first-order valence-corrected chi connectivity index (χ1v) is 13.3. The van der Waals surface area contributed by atoms with Gasteiger partial charge in [-0.15, -0.1) is 0 Å². The number of ether oxygens (including phenoxy) is 2. The molecule has 7 nitrogen and oxygen atoms in total. The van der Waals surface area contributed by atoms with Crippen LogP contribution in [0.2, 0.25) is 0 Å². The van der Waals surface area contributed by atoms with Gasteiger partial charge in [-0.05, 0) is 79.3 Å². The number of carbonyl (C=O) groups is 2. The molecule has 37 heavy (non-hydrogen) atoms. The van der Waals surface area contributed by atoms with Crippen molar-refractivity contribution in [2.24, 2.45) is 11.3 Å². The molecule has 1 aliphatic carbocycles. The lowest BCUT2D eigenvalue weighted by Crippen LogP contribution is -2.34. The number of hydrogen-bond donors (Lipinski definition) is 1. The molecule has 1 amide bonds. The molecule has 0 heterocycles. The van der Waals surface area contributed by atoms with Crippen LogP contribution in [0.15, 0.2) is 48.5 Å². The third-order valence-electron chi connectivity index (χ3n) is 7.10. The molecule has 1 N–H and O–H groups in total. The summed E-state index contributed by atoms with van der Waals surface area (Å²) in [5, 5.41) is 10.6. The number of aliphatic carboxylic acids is 1. The molecular weight excluding hydrogens is 470 g/mol. The smallest absolute Gasteiger partial charge is 0.333 e. The number of carbonyl (C=O) groups excluding carboxylic acids is 1. The van der Waals surface area contributed by atoms with Gasteiger partial charge in [-0.2, -0.15) is 5.06 Å². The summed E-state index contributed by atoms with van der Waals surface area (Å²) in [5.41, 5.74) is 3.01. The molecule has 0 bridgehead atoms.